The number of thiophene rings is 1. The van der Waals surface area contributed by atoms with Gasteiger partial charge in [0, 0.05) is 6.20 Å². The van der Waals surface area contributed by atoms with Crippen molar-refractivity contribution in [2.45, 2.75) is 11.3 Å². The fourth-order valence-corrected chi connectivity index (χ4v) is 3.45. The minimum absolute atomic E-state index is 0.0971. The molecule has 9 heteroatoms. The number of carbonyl (C=O) groups excluding carboxylic acids is 1. The Kier molecular flexibility index (Phi) is 5.58. The Labute approximate surface area is 155 Å². The van der Waals surface area contributed by atoms with Crippen LogP contribution in [0.1, 0.15) is 5.56 Å². The first kappa shape index (κ1) is 18.4. The third-order valence-electron chi connectivity index (χ3n) is 3.25. The van der Waals surface area contributed by atoms with Crippen LogP contribution in [0.4, 0.5) is 18.9 Å². The number of thioether (sulfide) groups is 1. The second-order valence-corrected chi connectivity index (χ2v) is 6.97. The standard InChI is InChI=1S/C17H12F3N3OS2/c18-17(19,20)11-4-1-2-5-12(11)22-15(24)10-26-16-21-8-7-13(23-16)14-6-3-9-25-14/h1-9H,10H2,(H,22,24). The number of hydrogen-bond donors (Lipinski definition) is 1. The first-order valence-electron chi connectivity index (χ1n) is 7.39. The van der Waals surface area contributed by atoms with Crippen LogP contribution < -0.4 is 5.32 Å². The SMILES string of the molecule is O=C(CSc1nccc(-c2cccs2)n1)Nc1ccccc1C(F)(F)F. The third-order valence-corrected chi connectivity index (χ3v) is 5.00. The molecule has 0 spiro atoms. The smallest absolute Gasteiger partial charge is 0.325 e. The largest absolute Gasteiger partial charge is 0.418 e. The molecule has 0 saturated carbocycles. The van der Waals surface area contributed by atoms with Crippen LogP contribution in [0, 0.1) is 0 Å². The van der Waals surface area contributed by atoms with Gasteiger partial charge in [0.15, 0.2) is 5.16 Å². The van der Waals surface area contributed by atoms with Crippen molar-refractivity contribution in [2.24, 2.45) is 0 Å². The third kappa shape index (κ3) is 4.61. The van der Waals surface area contributed by atoms with Crippen molar-refractivity contribution in [1.29, 1.82) is 0 Å². The second kappa shape index (κ2) is 7.88. The lowest BCUT2D eigenvalue weighted by molar-refractivity contribution is -0.137. The van der Waals surface area contributed by atoms with Gasteiger partial charge in [0.25, 0.3) is 0 Å². The van der Waals surface area contributed by atoms with E-state index in [-0.39, 0.29) is 11.4 Å². The lowest BCUT2D eigenvalue weighted by atomic mass is 10.1. The van der Waals surface area contributed by atoms with Gasteiger partial charge in [-0.25, -0.2) is 9.97 Å². The Hall–Kier alpha value is -2.39. The number of anilines is 1. The normalized spacial score (nSPS) is 11.3. The number of para-hydroxylation sites is 1. The van der Waals surface area contributed by atoms with E-state index >= 15 is 0 Å². The van der Waals surface area contributed by atoms with Gasteiger partial charge in [-0.2, -0.15) is 13.2 Å². The summed E-state index contributed by atoms with van der Waals surface area (Å²) in [6.07, 6.45) is -2.95. The number of amides is 1. The zero-order chi connectivity index (χ0) is 18.6. The van der Waals surface area contributed by atoms with E-state index in [2.05, 4.69) is 15.3 Å². The maximum atomic E-state index is 13.0. The molecule has 26 heavy (non-hydrogen) atoms. The average Bonchev–Trinajstić information content (AvgIpc) is 3.14. The van der Waals surface area contributed by atoms with Gasteiger partial charge in [0.1, 0.15) is 0 Å². The molecule has 0 atom stereocenters. The molecule has 1 amide bonds. The van der Waals surface area contributed by atoms with Crippen molar-refractivity contribution in [1.82, 2.24) is 9.97 Å². The molecule has 0 radical (unpaired) electrons. The van der Waals surface area contributed by atoms with Gasteiger partial charge < -0.3 is 5.32 Å². The maximum absolute atomic E-state index is 13.0. The average molecular weight is 395 g/mol. The number of carbonyl (C=O) groups is 1. The van der Waals surface area contributed by atoms with Crippen LogP contribution in [0.25, 0.3) is 10.6 Å². The van der Waals surface area contributed by atoms with E-state index in [9.17, 15) is 18.0 Å². The van der Waals surface area contributed by atoms with Gasteiger partial charge >= 0.3 is 6.18 Å². The van der Waals surface area contributed by atoms with Gasteiger partial charge in [-0.15, -0.1) is 11.3 Å². The summed E-state index contributed by atoms with van der Waals surface area (Å²) in [5.74, 6) is -0.656. The molecule has 1 aromatic carbocycles. The molecule has 134 valence electrons. The highest BCUT2D eigenvalue weighted by molar-refractivity contribution is 7.99. The topological polar surface area (TPSA) is 54.9 Å². The zero-order valence-electron chi connectivity index (χ0n) is 13.2. The molecule has 0 saturated heterocycles. The molecule has 3 aromatic rings. The first-order valence-corrected chi connectivity index (χ1v) is 9.26. The summed E-state index contributed by atoms with van der Waals surface area (Å²) >= 11 is 2.59. The number of aromatic nitrogens is 2. The summed E-state index contributed by atoms with van der Waals surface area (Å²) < 4.78 is 38.9. The van der Waals surface area contributed by atoms with Crippen molar-refractivity contribution >= 4 is 34.7 Å². The second-order valence-electron chi connectivity index (χ2n) is 5.08. The first-order chi connectivity index (χ1) is 12.4. The summed E-state index contributed by atoms with van der Waals surface area (Å²) in [7, 11) is 0. The Balaban J connectivity index is 1.65. The van der Waals surface area contributed by atoms with E-state index in [1.54, 1.807) is 12.3 Å². The number of halogens is 3. The molecule has 0 aliphatic carbocycles. The Morgan fingerprint density at radius 1 is 1.15 bits per heavy atom. The summed E-state index contributed by atoms with van der Waals surface area (Å²) in [4.78, 5) is 21.4. The van der Waals surface area contributed by atoms with E-state index in [1.165, 1.54) is 29.5 Å². The minimum Gasteiger partial charge on any atom is -0.325 e. The lowest BCUT2D eigenvalue weighted by Gasteiger charge is -2.13. The highest BCUT2D eigenvalue weighted by atomic mass is 32.2. The quantitative estimate of drug-likeness (QED) is 0.490. The van der Waals surface area contributed by atoms with Crippen LogP contribution in [0.5, 0.6) is 0 Å². The fourth-order valence-electron chi connectivity index (χ4n) is 2.13. The van der Waals surface area contributed by atoms with Gasteiger partial charge in [0.2, 0.25) is 5.91 Å². The number of nitrogens with one attached hydrogen (secondary N) is 1. The monoisotopic (exact) mass is 395 g/mol. The van der Waals surface area contributed by atoms with Crippen LogP contribution in [0.2, 0.25) is 0 Å². The molecule has 4 nitrogen and oxygen atoms in total. The van der Waals surface area contributed by atoms with E-state index in [4.69, 9.17) is 0 Å². The molecular formula is C17H12F3N3OS2. The van der Waals surface area contributed by atoms with E-state index in [1.807, 2.05) is 17.5 Å². The fraction of sp³-hybridized carbons (Fsp3) is 0.118. The van der Waals surface area contributed by atoms with Crippen LogP contribution >= 0.6 is 23.1 Å². The number of alkyl halides is 3. The van der Waals surface area contributed by atoms with Crippen LogP contribution in [-0.4, -0.2) is 21.6 Å². The predicted octanol–water partition coefficient (Wildman–Crippen LogP) is 4.95. The Bertz CT molecular complexity index is 898. The Morgan fingerprint density at radius 3 is 2.69 bits per heavy atom. The molecule has 1 N–H and O–H groups in total. The Morgan fingerprint density at radius 2 is 1.96 bits per heavy atom. The molecule has 2 aromatic heterocycles. The maximum Gasteiger partial charge on any atom is 0.418 e. The minimum atomic E-state index is -4.53. The predicted molar refractivity (Wildman–Crippen MR) is 96.1 cm³/mol. The summed E-state index contributed by atoms with van der Waals surface area (Å²) in [6, 6.07) is 10.4. The molecule has 0 fully saturated rings. The van der Waals surface area contributed by atoms with Gasteiger partial charge in [-0.05, 0) is 29.6 Å². The van der Waals surface area contributed by atoms with E-state index in [0.717, 1.165) is 28.4 Å². The molecule has 0 bridgehead atoms. The van der Waals surface area contributed by atoms with Crippen LogP contribution in [-0.2, 0) is 11.0 Å². The van der Waals surface area contributed by atoms with Gasteiger partial charge in [-0.3, -0.25) is 4.79 Å². The molecular weight excluding hydrogens is 383 g/mol. The molecule has 2 heterocycles. The van der Waals surface area contributed by atoms with Crippen molar-refractivity contribution in [3.05, 3.63) is 59.6 Å². The molecule has 0 unspecified atom stereocenters. The van der Waals surface area contributed by atoms with E-state index in [0.29, 0.717) is 5.16 Å². The lowest BCUT2D eigenvalue weighted by Crippen LogP contribution is -2.18. The van der Waals surface area contributed by atoms with Crippen molar-refractivity contribution < 1.29 is 18.0 Å². The summed E-state index contributed by atoms with van der Waals surface area (Å²) in [5, 5.41) is 4.61. The molecule has 0 aliphatic heterocycles. The molecule has 3 rings (SSSR count). The van der Waals surface area contributed by atoms with Crippen molar-refractivity contribution in [2.75, 3.05) is 11.1 Å². The highest BCUT2D eigenvalue weighted by Gasteiger charge is 2.33. The van der Waals surface area contributed by atoms with E-state index < -0.39 is 17.6 Å². The number of hydrogen-bond acceptors (Lipinski definition) is 5. The number of benzene rings is 1. The van der Waals surface area contributed by atoms with Gasteiger partial charge in [-0.1, -0.05) is 30.0 Å². The number of nitrogens with zero attached hydrogens (tertiary/aromatic N) is 2. The summed E-state index contributed by atoms with van der Waals surface area (Å²) in [6.45, 7) is 0. The number of rotatable bonds is 5. The van der Waals surface area contributed by atoms with Crippen molar-refractivity contribution in [3.63, 3.8) is 0 Å². The van der Waals surface area contributed by atoms with Crippen molar-refractivity contribution in [3.8, 4) is 10.6 Å². The molecule has 0 aliphatic rings. The van der Waals surface area contributed by atoms with Gasteiger partial charge in [0.05, 0.1) is 27.6 Å². The summed E-state index contributed by atoms with van der Waals surface area (Å²) in [5.41, 5.74) is -0.409. The van der Waals surface area contributed by atoms with Crippen LogP contribution in [0.15, 0.2) is 59.2 Å². The van der Waals surface area contributed by atoms with Crippen LogP contribution in [0.3, 0.4) is 0 Å². The zero-order valence-corrected chi connectivity index (χ0v) is 14.8. The highest BCUT2D eigenvalue weighted by Crippen LogP contribution is 2.34.